The molecule has 2 aliphatic heterocycles. The summed E-state index contributed by atoms with van der Waals surface area (Å²) in [5.74, 6) is 3.73. The van der Waals surface area contributed by atoms with E-state index in [0.717, 1.165) is 47.9 Å². The number of rotatable bonds is 2. The van der Waals surface area contributed by atoms with Crippen molar-refractivity contribution in [3.63, 3.8) is 0 Å². The molecule has 2 heteroatoms. The Labute approximate surface area is 132 Å². The fourth-order valence-electron chi connectivity index (χ4n) is 2.98. The molecule has 114 valence electrons. The van der Waals surface area contributed by atoms with Crippen molar-refractivity contribution in [2.45, 2.75) is 40.0 Å². The monoisotopic (exact) mass is 294 g/mol. The fourth-order valence-corrected chi connectivity index (χ4v) is 2.98. The summed E-state index contributed by atoms with van der Waals surface area (Å²) in [6, 6.07) is 4.25. The Morgan fingerprint density at radius 2 is 1.86 bits per heavy atom. The minimum atomic E-state index is 0.876. The van der Waals surface area contributed by atoms with Crippen LogP contribution in [-0.2, 0) is 12.8 Å². The maximum Gasteiger partial charge on any atom is 0.134 e. The minimum absolute atomic E-state index is 0.876. The lowest BCUT2D eigenvalue weighted by Crippen LogP contribution is -2.13. The predicted octanol–water partition coefficient (Wildman–Crippen LogP) is 5.26. The van der Waals surface area contributed by atoms with Crippen LogP contribution in [0.1, 0.15) is 38.3 Å². The third kappa shape index (κ3) is 2.50. The summed E-state index contributed by atoms with van der Waals surface area (Å²) in [6.07, 6.45) is 8.92. The second kappa shape index (κ2) is 5.88. The van der Waals surface area contributed by atoms with Crippen LogP contribution < -0.4 is 9.47 Å². The van der Waals surface area contributed by atoms with E-state index in [4.69, 9.17) is 9.47 Å². The Bertz CT molecular complexity index is 717. The fraction of sp³-hybridized carbons (Fsp3) is 0.300. The third-order valence-corrected chi connectivity index (χ3v) is 4.24. The average molecular weight is 294 g/mol. The standard InChI is InChI=1S/C20H22O2/c1-5-8-18-15(7-3)10-17-11-16-9-14(6-2)13(4)21-19(16)12-20(17)22-18/h6-8,11-12H,2,5,9-10H2,1,3-4H3/b15-7-,18-8+. The largest absolute Gasteiger partial charge is 0.461 e. The van der Waals surface area contributed by atoms with Crippen LogP contribution in [0.2, 0.25) is 0 Å². The van der Waals surface area contributed by atoms with E-state index in [9.17, 15) is 0 Å². The molecule has 0 fully saturated rings. The molecule has 1 aromatic carbocycles. The molecule has 3 rings (SSSR count). The lowest BCUT2D eigenvalue weighted by Gasteiger charge is -2.26. The highest BCUT2D eigenvalue weighted by atomic mass is 16.5. The Hall–Kier alpha value is -2.22. The van der Waals surface area contributed by atoms with Gasteiger partial charge in [0.05, 0.1) is 0 Å². The van der Waals surface area contributed by atoms with E-state index in [0.29, 0.717) is 0 Å². The van der Waals surface area contributed by atoms with Gasteiger partial charge in [-0.2, -0.15) is 0 Å². The summed E-state index contributed by atoms with van der Waals surface area (Å²) in [7, 11) is 0. The van der Waals surface area contributed by atoms with Crippen molar-refractivity contribution in [3.8, 4) is 11.5 Å². The van der Waals surface area contributed by atoms with Gasteiger partial charge in [-0.15, -0.1) is 0 Å². The van der Waals surface area contributed by atoms with Crippen molar-refractivity contribution in [2.24, 2.45) is 0 Å². The van der Waals surface area contributed by atoms with E-state index in [2.05, 4.69) is 38.6 Å². The molecule has 0 spiro atoms. The van der Waals surface area contributed by atoms with Crippen LogP contribution in [0.15, 0.2) is 59.6 Å². The maximum absolute atomic E-state index is 6.11. The summed E-state index contributed by atoms with van der Waals surface area (Å²) in [6.45, 7) is 10.0. The van der Waals surface area contributed by atoms with Gasteiger partial charge in [0.15, 0.2) is 0 Å². The summed E-state index contributed by atoms with van der Waals surface area (Å²) >= 11 is 0. The van der Waals surface area contributed by atoms with Crippen LogP contribution in [0.5, 0.6) is 11.5 Å². The van der Waals surface area contributed by atoms with Gasteiger partial charge in [0.25, 0.3) is 0 Å². The highest BCUT2D eigenvalue weighted by molar-refractivity contribution is 5.56. The Morgan fingerprint density at radius 3 is 2.55 bits per heavy atom. The van der Waals surface area contributed by atoms with Crippen LogP contribution in [-0.4, -0.2) is 0 Å². The first kappa shape index (κ1) is 14.7. The molecule has 0 unspecified atom stereocenters. The van der Waals surface area contributed by atoms with E-state index in [1.807, 2.05) is 19.1 Å². The van der Waals surface area contributed by atoms with Crippen molar-refractivity contribution < 1.29 is 9.47 Å². The number of ether oxygens (including phenoxy) is 2. The maximum atomic E-state index is 6.11. The summed E-state index contributed by atoms with van der Waals surface area (Å²) in [4.78, 5) is 0. The highest BCUT2D eigenvalue weighted by Crippen LogP contribution is 2.40. The van der Waals surface area contributed by atoms with Gasteiger partial charge in [-0.3, -0.25) is 0 Å². The molecule has 0 bridgehead atoms. The number of hydrogen-bond acceptors (Lipinski definition) is 2. The summed E-state index contributed by atoms with van der Waals surface area (Å²) in [5, 5.41) is 0. The molecular weight excluding hydrogens is 272 g/mol. The van der Waals surface area contributed by atoms with Crippen molar-refractivity contribution in [1.29, 1.82) is 0 Å². The van der Waals surface area contributed by atoms with Gasteiger partial charge in [-0.1, -0.05) is 25.7 Å². The van der Waals surface area contributed by atoms with Crippen molar-refractivity contribution in [3.05, 3.63) is 70.7 Å². The zero-order valence-corrected chi connectivity index (χ0v) is 13.5. The lowest BCUT2D eigenvalue weighted by atomic mass is 9.93. The van der Waals surface area contributed by atoms with Gasteiger partial charge < -0.3 is 9.47 Å². The second-order valence-corrected chi connectivity index (χ2v) is 5.70. The van der Waals surface area contributed by atoms with Crippen LogP contribution in [0.25, 0.3) is 0 Å². The van der Waals surface area contributed by atoms with Crippen molar-refractivity contribution in [1.82, 2.24) is 0 Å². The topological polar surface area (TPSA) is 18.5 Å². The third-order valence-electron chi connectivity index (χ3n) is 4.24. The van der Waals surface area contributed by atoms with Crippen LogP contribution in [0.3, 0.4) is 0 Å². The molecule has 0 saturated heterocycles. The molecule has 0 radical (unpaired) electrons. The average Bonchev–Trinajstić information content (AvgIpc) is 2.52. The second-order valence-electron chi connectivity index (χ2n) is 5.70. The Morgan fingerprint density at radius 1 is 1.14 bits per heavy atom. The van der Waals surface area contributed by atoms with Gasteiger partial charge in [0.1, 0.15) is 23.0 Å². The lowest BCUT2D eigenvalue weighted by molar-refractivity contribution is 0.387. The van der Waals surface area contributed by atoms with E-state index >= 15 is 0 Å². The van der Waals surface area contributed by atoms with Gasteiger partial charge >= 0.3 is 0 Å². The van der Waals surface area contributed by atoms with Crippen molar-refractivity contribution in [2.75, 3.05) is 0 Å². The van der Waals surface area contributed by atoms with E-state index in [1.165, 1.54) is 16.7 Å². The quantitative estimate of drug-likeness (QED) is 0.741. The molecule has 0 aliphatic carbocycles. The van der Waals surface area contributed by atoms with Crippen LogP contribution in [0.4, 0.5) is 0 Å². The molecule has 0 aromatic heterocycles. The first-order chi connectivity index (χ1) is 10.7. The molecule has 1 aromatic rings. The van der Waals surface area contributed by atoms with Crippen molar-refractivity contribution >= 4 is 0 Å². The first-order valence-corrected chi connectivity index (χ1v) is 7.85. The van der Waals surface area contributed by atoms with Crippen LogP contribution >= 0.6 is 0 Å². The SMILES string of the molecule is C=CC1=C(C)Oc2cc3c(cc2C1)CC(=C/C)/C(=C\CC)O3. The summed E-state index contributed by atoms with van der Waals surface area (Å²) < 4.78 is 12.1. The molecule has 22 heavy (non-hydrogen) atoms. The zero-order valence-electron chi connectivity index (χ0n) is 13.5. The Kier molecular flexibility index (Phi) is 3.93. The van der Waals surface area contributed by atoms with Crippen LogP contribution in [0, 0.1) is 0 Å². The zero-order chi connectivity index (χ0) is 15.7. The highest BCUT2D eigenvalue weighted by Gasteiger charge is 2.24. The van der Waals surface area contributed by atoms with Gasteiger partial charge in [0.2, 0.25) is 0 Å². The number of hydrogen-bond donors (Lipinski definition) is 0. The molecule has 0 atom stereocenters. The van der Waals surface area contributed by atoms with E-state index in [-0.39, 0.29) is 0 Å². The van der Waals surface area contributed by atoms with Gasteiger partial charge in [-0.25, -0.2) is 0 Å². The first-order valence-electron chi connectivity index (χ1n) is 7.85. The smallest absolute Gasteiger partial charge is 0.134 e. The molecule has 2 nitrogen and oxygen atoms in total. The summed E-state index contributed by atoms with van der Waals surface area (Å²) in [5.41, 5.74) is 4.84. The number of benzene rings is 1. The molecule has 0 saturated carbocycles. The van der Waals surface area contributed by atoms with E-state index in [1.54, 1.807) is 0 Å². The van der Waals surface area contributed by atoms with E-state index < -0.39 is 0 Å². The molecule has 0 amide bonds. The molecule has 2 aliphatic rings. The Balaban J connectivity index is 2.02. The minimum Gasteiger partial charge on any atom is -0.461 e. The van der Waals surface area contributed by atoms with Gasteiger partial charge in [-0.05, 0) is 54.7 Å². The molecular formula is C20H22O2. The molecule has 2 heterocycles. The van der Waals surface area contributed by atoms with Gasteiger partial charge in [0, 0.05) is 18.9 Å². The number of allylic oxidation sites excluding steroid dienone is 6. The normalized spacial score (nSPS) is 20.3. The number of fused-ring (bicyclic) bond motifs is 2. The predicted molar refractivity (Wildman–Crippen MR) is 90.1 cm³/mol. The molecule has 0 N–H and O–H groups in total.